The van der Waals surface area contributed by atoms with Gasteiger partial charge in [-0.1, -0.05) is 30.3 Å². The highest BCUT2D eigenvalue weighted by Gasteiger charge is 2.17. The van der Waals surface area contributed by atoms with E-state index in [1.54, 1.807) is 19.1 Å². The van der Waals surface area contributed by atoms with E-state index < -0.39 is 10.8 Å². The number of carbonyl (C=O) groups excluding carboxylic acids is 1. The number of non-ortho nitro benzene ring substituents is 1. The highest BCUT2D eigenvalue weighted by molar-refractivity contribution is 6.09. The Morgan fingerprint density at radius 2 is 1.70 bits per heavy atom. The van der Waals surface area contributed by atoms with Crippen LogP contribution in [-0.2, 0) is 4.79 Å². The number of carbonyl (C=O) groups is 1. The fourth-order valence-corrected chi connectivity index (χ4v) is 3.21. The van der Waals surface area contributed by atoms with Crippen LogP contribution in [0.15, 0.2) is 66.7 Å². The molecule has 0 aliphatic heterocycles. The van der Waals surface area contributed by atoms with Crippen molar-refractivity contribution in [3.8, 4) is 0 Å². The Hall–Kier alpha value is -3.67. The molecule has 0 fully saturated rings. The summed E-state index contributed by atoms with van der Waals surface area (Å²) in [6.07, 6.45) is 0. The minimum absolute atomic E-state index is 0.0103. The van der Waals surface area contributed by atoms with Crippen molar-refractivity contribution in [3.63, 3.8) is 0 Å². The molecule has 1 heterocycles. The number of benzene rings is 3. The van der Waals surface area contributed by atoms with E-state index in [0.717, 1.165) is 27.4 Å². The lowest BCUT2D eigenvalue weighted by Gasteiger charge is -2.12. The molecule has 1 atom stereocenters. The molecule has 0 aliphatic carbocycles. The van der Waals surface area contributed by atoms with Gasteiger partial charge in [0.2, 0.25) is 5.91 Å². The molecule has 0 aliphatic rings. The fraction of sp³-hybridized carbons (Fsp3) is 0.0952. The lowest BCUT2D eigenvalue weighted by Crippen LogP contribution is -2.18. The summed E-state index contributed by atoms with van der Waals surface area (Å²) in [6.45, 7) is 1.78. The molecular weight excluding hydrogens is 342 g/mol. The van der Waals surface area contributed by atoms with E-state index in [-0.39, 0.29) is 11.6 Å². The fourth-order valence-electron chi connectivity index (χ4n) is 3.21. The Kier molecular flexibility index (Phi) is 4.08. The molecule has 0 bridgehead atoms. The van der Waals surface area contributed by atoms with E-state index in [2.05, 4.69) is 10.3 Å². The molecule has 0 radical (unpaired) electrons. The van der Waals surface area contributed by atoms with Crippen molar-refractivity contribution in [2.45, 2.75) is 12.8 Å². The number of anilines is 1. The largest absolute Gasteiger partial charge is 0.355 e. The van der Waals surface area contributed by atoms with Gasteiger partial charge >= 0.3 is 0 Å². The first-order valence-corrected chi connectivity index (χ1v) is 8.58. The summed E-state index contributed by atoms with van der Waals surface area (Å²) in [7, 11) is 0. The Bertz CT molecular complexity index is 1160. The van der Waals surface area contributed by atoms with Crippen molar-refractivity contribution in [2.75, 3.05) is 5.32 Å². The quantitative estimate of drug-likeness (QED) is 0.398. The van der Waals surface area contributed by atoms with E-state index in [0.29, 0.717) is 5.69 Å². The molecule has 3 aromatic carbocycles. The first kappa shape index (κ1) is 16.8. The van der Waals surface area contributed by atoms with Gasteiger partial charge < -0.3 is 10.3 Å². The minimum Gasteiger partial charge on any atom is -0.355 e. The second-order valence-corrected chi connectivity index (χ2v) is 6.49. The van der Waals surface area contributed by atoms with Crippen molar-refractivity contribution >= 4 is 39.1 Å². The number of fused-ring (bicyclic) bond motifs is 3. The molecule has 0 saturated heterocycles. The van der Waals surface area contributed by atoms with Gasteiger partial charge in [0.25, 0.3) is 5.69 Å². The first-order valence-electron chi connectivity index (χ1n) is 8.58. The van der Waals surface area contributed by atoms with Gasteiger partial charge in [-0.3, -0.25) is 14.9 Å². The monoisotopic (exact) mass is 359 g/mol. The normalized spacial score (nSPS) is 12.2. The second kappa shape index (κ2) is 6.57. The molecule has 4 aromatic rings. The van der Waals surface area contributed by atoms with E-state index in [1.165, 1.54) is 12.1 Å². The second-order valence-electron chi connectivity index (χ2n) is 6.49. The van der Waals surface area contributed by atoms with Crippen LogP contribution in [0.5, 0.6) is 0 Å². The van der Waals surface area contributed by atoms with E-state index in [4.69, 9.17) is 0 Å². The summed E-state index contributed by atoms with van der Waals surface area (Å²) < 4.78 is 0. The third-order valence-corrected chi connectivity index (χ3v) is 4.77. The van der Waals surface area contributed by atoms with Crippen LogP contribution in [-0.4, -0.2) is 15.8 Å². The Balaban J connectivity index is 1.58. The molecule has 27 heavy (non-hydrogen) atoms. The van der Waals surface area contributed by atoms with Gasteiger partial charge in [0.1, 0.15) is 0 Å². The van der Waals surface area contributed by atoms with Crippen molar-refractivity contribution < 1.29 is 9.72 Å². The van der Waals surface area contributed by atoms with Gasteiger partial charge in [-0.2, -0.15) is 0 Å². The summed E-state index contributed by atoms with van der Waals surface area (Å²) in [4.78, 5) is 26.3. The van der Waals surface area contributed by atoms with Gasteiger partial charge in [-0.25, -0.2) is 0 Å². The van der Waals surface area contributed by atoms with Crippen LogP contribution in [0.3, 0.4) is 0 Å². The summed E-state index contributed by atoms with van der Waals surface area (Å²) in [5.74, 6) is -0.590. The van der Waals surface area contributed by atoms with Gasteiger partial charge in [0.15, 0.2) is 0 Å². The number of H-pyrrole nitrogens is 1. The predicted molar refractivity (Wildman–Crippen MR) is 106 cm³/mol. The standard InChI is InChI=1S/C21H17N3O3/c1-13(14-6-9-16(10-7-14)24(26)27)21(25)22-15-8-11-20-18(12-15)17-4-2-3-5-19(17)23-20/h2-13,23H,1H3,(H,22,25)/t13-/m0/s1. The Morgan fingerprint density at radius 3 is 2.44 bits per heavy atom. The summed E-state index contributed by atoms with van der Waals surface area (Å²) >= 11 is 0. The number of nitro groups is 1. The van der Waals surface area contributed by atoms with Gasteiger partial charge in [-0.05, 0) is 36.8 Å². The van der Waals surface area contributed by atoms with Crippen LogP contribution in [0.4, 0.5) is 11.4 Å². The van der Waals surface area contributed by atoms with Gasteiger partial charge in [0, 0.05) is 39.6 Å². The predicted octanol–water partition coefficient (Wildman–Crippen LogP) is 4.97. The zero-order valence-electron chi connectivity index (χ0n) is 14.6. The molecule has 0 unspecified atom stereocenters. The zero-order valence-corrected chi connectivity index (χ0v) is 14.6. The van der Waals surface area contributed by atoms with Crippen molar-refractivity contribution in [1.82, 2.24) is 4.98 Å². The number of hydrogen-bond donors (Lipinski definition) is 2. The number of hydrogen-bond acceptors (Lipinski definition) is 3. The van der Waals surface area contributed by atoms with Crippen LogP contribution < -0.4 is 5.32 Å². The number of nitrogens with one attached hydrogen (secondary N) is 2. The topological polar surface area (TPSA) is 88.0 Å². The first-order chi connectivity index (χ1) is 13.0. The summed E-state index contributed by atoms with van der Waals surface area (Å²) in [6, 6.07) is 19.8. The minimum atomic E-state index is -0.453. The number of rotatable bonds is 4. The number of nitrogens with zero attached hydrogens (tertiary/aromatic N) is 1. The lowest BCUT2D eigenvalue weighted by atomic mass is 10.00. The van der Waals surface area contributed by atoms with Crippen LogP contribution in [0.25, 0.3) is 21.8 Å². The van der Waals surface area contributed by atoms with Crippen molar-refractivity contribution in [2.24, 2.45) is 0 Å². The van der Waals surface area contributed by atoms with Gasteiger partial charge in [-0.15, -0.1) is 0 Å². The number of aromatic amines is 1. The van der Waals surface area contributed by atoms with Crippen molar-refractivity contribution in [3.05, 3.63) is 82.4 Å². The number of nitro benzene ring substituents is 1. The molecular formula is C21H17N3O3. The van der Waals surface area contributed by atoms with Crippen LogP contribution >= 0.6 is 0 Å². The van der Waals surface area contributed by atoms with Crippen LogP contribution in [0.2, 0.25) is 0 Å². The molecule has 2 N–H and O–H groups in total. The maximum absolute atomic E-state index is 12.6. The maximum Gasteiger partial charge on any atom is 0.269 e. The third-order valence-electron chi connectivity index (χ3n) is 4.77. The SMILES string of the molecule is C[C@H](C(=O)Nc1ccc2[nH]c3ccccc3c2c1)c1ccc([N+](=O)[O-])cc1. The number of aromatic nitrogens is 1. The number of para-hydroxylation sites is 1. The summed E-state index contributed by atoms with van der Waals surface area (Å²) in [5.41, 5.74) is 3.52. The smallest absolute Gasteiger partial charge is 0.269 e. The van der Waals surface area contributed by atoms with Crippen LogP contribution in [0.1, 0.15) is 18.4 Å². The van der Waals surface area contributed by atoms with E-state index in [1.807, 2.05) is 42.5 Å². The molecule has 6 nitrogen and oxygen atoms in total. The highest BCUT2D eigenvalue weighted by atomic mass is 16.6. The third kappa shape index (κ3) is 3.13. The van der Waals surface area contributed by atoms with Gasteiger partial charge in [0.05, 0.1) is 10.8 Å². The Labute approximate surface area is 155 Å². The highest BCUT2D eigenvalue weighted by Crippen LogP contribution is 2.28. The average molecular weight is 359 g/mol. The van der Waals surface area contributed by atoms with E-state index >= 15 is 0 Å². The Morgan fingerprint density at radius 1 is 1.00 bits per heavy atom. The molecule has 6 heteroatoms. The van der Waals surface area contributed by atoms with E-state index in [9.17, 15) is 14.9 Å². The summed E-state index contributed by atoms with van der Waals surface area (Å²) in [5, 5.41) is 15.8. The maximum atomic E-state index is 12.6. The van der Waals surface area contributed by atoms with Crippen molar-refractivity contribution in [1.29, 1.82) is 0 Å². The molecule has 1 amide bonds. The number of amides is 1. The van der Waals surface area contributed by atoms with Crippen LogP contribution in [0, 0.1) is 10.1 Å². The molecule has 0 spiro atoms. The molecule has 0 saturated carbocycles. The molecule has 134 valence electrons. The lowest BCUT2D eigenvalue weighted by molar-refractivity contribution is -0.384. The zero-order chi connectivity index (χ0) is 19.0. The molecule has 4 rings (SSSR count). The average Bonchev–Trinajstić information content (AvgIpc) is 3.05. The molecule has 1 aromatic heterocycles.